The van der Waals surface area contributed by atoms with E-state index in [1.54, 1.807) is 17.0 Å². The first-order valence-electron chi connectivity index (χ1n) is 6.54. The number of rotatable bonds is 2. The maximum Gasteiger partial charge on any atom is 0.410 e. The summed E-state index contributed by atoms with van der Waals surface area (Å²) >= 11 is 7.13. The maximum absolute atomic E-state index is 12.3. The lowest BCUT2D eigenvalue weighted by Gasteiger charge is -2.24. The molecule has 110 valence electrons. The molecule has 1 unspecified atom stereocenters. The molecule has 4 nitrogen and oxygen atoms in total. The Morgan fingerprint density at radius 2 is 2.10 bits per heavy atom. The summed E-state index contributed by atoms with van der Waals surface area (Å²) in [6.07, 6.45) is 0.324. The summed E-state index contributed by atoms with van der Waals surface area (Å²) in [7, 11) is 0. The Morgan fingerprint density at radius 3 is 2.65 bits per heavy atom. The molecule has 0 aromatic carbocycles. The lowest BCUT2D eigenvalue weighted by Crippen LogP contribution is -2.35. The molecule has 1 atom stereocenters. The molecule has 0 radical (unpaired) electrons. The lowest BCUT2D eigenvalue weighted by molar-refractivity contribution is 0.0289. The van der Waals surface area contributed by atoms with Crippen LogP contribution in [0.2, 0.25) is 4.34 Å². The van der Waals surface area contributed by atoms with Crippen LogP contribution in [0.3, 0.4) is 0 Å². The molecule has 1 fully saturated rings. The molecular formula is C14H18ClNO3S. The van der Waals surface area contributed by atoms with Crippen LogP contribution < -0.4 is 0 Å². The van der Waals surface area contributed by atoms with E-state index in [4.69, 9.17) is 16.3 Å². The van der Waals surface area contributed by atoms with Gasteiger partial charge in [0, 0.05) is 19.0 Å². The number of thiophene rings is 1. The number of ketones is 1. The van der Waals surface area contributed by atoms with Gasteiger partial charge in [-0.3, -0.25) is 4.79 Å². The predicted molar refractivity (Wildman–Crippen MR) is 79.6 cm³/mol. The molecule has 0 N–H and O–H groups in total. The third-order valence-corrected chi connectivity index (χ3v) is 4.27. The normalized spacial score (nSPS) is 19.2. The summed E-state index contributed by atoms with van der Waals surface area (Å²) < 4.78 is 5.92. The van der Waals surface area contributed by atoms with Gasteiger partial charge in [0.1, 0.15) is 5.60 Å². The van der Waals surface area contributed by atoms with Crippen LogP contribution in [0.5, 0.6) is 0 Å². The van der Waals surface area contributed by atoms with Gasteiger partial charge < -0.3 is 9.64 Å². The SMILES string of the molecule is CC(C)(C)OC(=O)N1CCC(C(=O)c2ccc(Cl)s2)C1. The van der Waals surface area contributed by atoms with Crippen molar-refractivity contribution in [2.24, 2.45) is 5.92 Å². The van der Waals surface area contributed by atoms with Crippen molar-refractivity contribution in [3.63, 3.8) is 0 Å². The van der Waals surface area contributed by atoms with E-state index >= 15 is 0 Å². The first-order valence-corrected chi connectivity index (χ1v) is 7.73. The van der Waals surface area contributed by atoms with Gasteiger partial charge in [0.15, 0.2) is 5.78 Å². The van der Waals surface area contributed by atoms with Crippen molar-refractivity contribution in [3.05, 3.63) is 21.3 Å². The van der Waals surface area contributed by atoms with Crippen LogP contribution in [-0.4, -0.2) is 35.5 Å². The number of carbonyl (C=O) groups excluding carboxylic acids is 2. The average molecular weight is 316 g/mol. The van der Waals surface area contributed by atoms with Crippen molar-refractivity contribution in [1.82, 2.24) is 4.90 Å². The molecule has 1 aliphatic heterocycles. The fourth-order valence-corrected chi connectivity index (χ4v) is 3.18. The van der Waals surface area contributed by atoms with Gasteiger partial charge in [-0.15, -0.1) is 11.3 Å². The van der Waals surface area contributed by atoms with Gasteiger partial charge in [-0.05, 0) is 39.3 Å². The van der Waals surface area contributed by atoms with E-state index in [2.05, 4.69) is 0 Å². The second-order valence-corrected chi connectivity index (χ2v) is 7.60. The quantitative estimate of drug-likeness (QED) is 0.779. The minimum atomic E-state index is -0.513. The zero-order valence-electron chi connectivity index (χ0n) is 11.8. The van der Waals surface area contributed by atoms with Crippen LogP contribution in [0.15, 0.2) is 12.1 Å². The monoisotopic (exact) mass is 315 g/mol. The van der Waals surface area contributed by atoms with Crippen LogP contribution in [-0.2, 0) is 4.74 Å². The molecule has 0 saturated carbocycles. The van der Waals surface area contributed by atoms with E-state index in [1.165, 1.54) is 11.3 Å². The molecule has 1 amide bonds. The number of likely N-dealkylation sites (tertiary alicyclic amines) is 1. The van der Waals surface area contributed by atoms with Crippen molar-refractivity contribution in [2.75, 3.05) is 13.1 Å². The average Bonchev–Trinajstić information content (AvgIpc) is 2.94. The van der Waals surface area contributed by atoms with Gasteiger partial charge in [-0.25, -0.2) is 4.79 Å². The first-order chi connectivity index (χ1) is 9.26. The van der Waals surface area contributed by atoms with Crippen molar-refractivity contribution >= 4 is 34.8 Å². The number of ether oxygens (including phenoxy) is 1. The smallest absolute Gasteiger partial charge is 0.410 e. The van der Waals surface area contributed by atoms with E-state index < -0.39 is 5.60 Å². The second-order valence-electron chi connectivity index (χ2n) is 5.88. The molecule has 0 bridgehead atoms. The summed E-state index contributed by atoms with van der Waals surface area (Å²) in [6, 6.07) is 3.46. The largest absolute Gasteiger partial charge is 0.444 e. The van der Waals surface area contributed by atoms with Crippen LogP contribution in [0, 0.1) is 5.92 Å². The van der Waals surface area contributed by atoms with Gasteiger partial charge in [-0.1, -0.05) is 11.6 Å². The van der Waals surface area contributed by atoms with E-state index in [1.807, 2.05) is 20.8 Å². The second kappa shape index (κ2) is 5.74. The fourth-order valence-electron chi connectivity index (χ4n) is 2.11. The van der Waals surface area contributed by atoms with Crippen LogP contribution in [0.1, 0.15) is 36.9 Å². The molecule has 2 heterocycles. The Kier molecular flexibility index (Phi) is 4.39. The third-order valence-electron chi connectivity index (χ3n) is 3.03. The number of halogens is 1. The summed E-state index contributed by atoms with van der Waals surface area (Å²) in [5.41, 5.74) is -0.513. The highest BCUT2D eigenvalue weighted by atomic mass is 35.5. The number of hydrogen-bond donors (Lipinski definition) is 0. The number of hydrogen-bond acceptors (Lipinski definition) is 4. The summed E-state index contributed by atoms with van der Waals surface area (Å²) in [4.78, 5) is 26.5. The Labute approximate surface area is 127 Å². The van der Waals surface area contributed by atoms with Crippen molar-refractivity contribution in [3.8, 4) is 0 Å². The van der Waals surface area contributed by atoms with E-state index in [0.29, 0.717) is 28.7 Å². The molecule has 1 saturated heterocycles. The maximum atomic E-state index is 12.3. The lowest BCUT2D eigenvalue weighted by atomic mass is 10.0. The highest BCUT2D eigenvalue weighted by Gasteiger charge is 2.34. The van der Waals surface area contributed by atoms with Crippen molar-refractivity contribution < 1.29 is 14.3 Å². The van der Waals surface area contributed by atoms with Crippen molar-refractivity contribution in [1.29, 1.82) is 0 Å². The van der Waals surface area contributed by atoms with E-state index in [-0.39, 0.29) is 17.8 Å². The molecule has 6 heteroatoms. The molecule has 1 aromatic heterocycles. The minimum Gasteiger partial charge on any atom is -0.444 e. The highest BCUT2D eigenvalue weighted by molar-refractivity contribution is 7.18. The van der Waals surface area contributed by atoms with Gasteiger partial charge in [0.2, 0.25) is 0 Å². The molecule has 1 aromatic rings. The number of Topliss-reactive ketones (excluding diaryl/α,β-unsaturated/α-hetero) is 1. The molecule has 1 aliphatic rings. The van der Waals surface area contributed by atoms with Crippen molar-refractivity contribution in [2.45, 2.75) is 32.8 Å². The molecule has 0 aliphatic carbocycles. The Hall–Kier alpha value is -1.07. The zero-order chi connectivity index (χ0) is 14.9. The summed E-state index contributed by atoms with van der Waals surface area (Å²) in [5, 5.41) is 0. The van der Waals surface area contributed by atoms with E-state index in [9.17, 15) is 9.59 Å². The fraction of sp³-hybridized carbons (Fsp3) is 0.571. The standard InChI is InChI=1S/C14H18ClNO3S/c1-14(2,3)19-13(18)16-7-6-9(8-16)12(17)10-4-5-11(15)20-10/h4-5,9H,6-8H2,1-3H3. The third kappa shape index (κ3) is 3.73. The van der Waals surface area contributed by atoms with E-state index in [0.717, 1.165) is 0 Å². The summed E-state index contributed by atoms with van der Waals surface area (Å²) in [6.45, 7) is 6.47. The van der Waals surface area contributed by atoms with Crippen LogP contribution in [0.4, 0.5) is 4.79 Å². The van der Waals surface area contributed by atoms with Crippen LogP contribution in [0.25, 0.3) is 0 Å². The number of nitrogens with zero attached hydrogens (tertiary/aromatic N) is 1. The Morgan fingerprint density at radius 1 is 1.40 bits per heavy atom. The van der Waals surface area contributed by atoms with Gasteiger partial charge in [0.25, 0.3) is 0 Å². The van der Waals surface area contributed by atoms with Crippen LogP contribution >= 0.6 is 22.9 Å². The minimum absolute atomic E-state index is 0.0629. The zero-order valence-corrected chi connectivity index (χ0v) is 13.4. The number of carbonyl (C=O) groups is 2. The summed E-state index contributed by atoms with van der Waals surface area (Å²) in [5.74, 6) is -0.0924. The van der Waals surface area contributed by atoms with Gasteiger partial charge in [-0.2, -0.15) is 0 Å². The highest BCUT2D eigenvalue weighted by Crippen LogP contribution is 2.28. The molecular weight excluding hydrogens is 298 g/mol. The first kappa shape index (κ1) is 15.3. The Balaban J connectivity index is 1.95. The predicted octanol–water partition coefficient (Wildman–Crippen LogP) is 3.84. The topological polar surface area (TPSA) is 46.6 Å². The molecule has 20 heavy (non-hydrogen) atoms. The molecule has 2 rings (SSSR count). The van der Waals surface area contributed by atoms with Gasteiger partial charge in [0.05, 0.1) is 9.21 Å². The number of amides is 1. The Bertz CT molecular complexity index is 521. The van der Waals surface area contributed by atoms with Gasteiger partial charge >= 0.3 is 6.09 Å². The molecule has 0 spiro atoms.